The third kappa shape index (κ3) is 4.21. The second kappa shape index (κ2) is 7.46. The Bertz CT molecular complexity index is 566. The summed E-state index contributed by atoms with van der Waals surface area (Å²) in [5.41, 5.74) is 7.45. The second-order valence-electron chi connectivity index (χ2n) is 4.41. The van der Waals surface area contributed by atoms with Gasteiger partial charge in [0, 0.05) is 0 Å². The van der Waals surface area contributed by atoms with Gasteiger partial charge < -0.3 is 10.5 Å². The lowest BCUT2D eigenvalue weighted by molar-refractivity contribution is 0.358. The van der Waals surface area contributed by atoms with E-state index in [4.69, 9.17) is 10.5 Å². The number of rotatable bonds is 6. The van der Waals surface area contributed by atoms with Crippen LogP contribution in [-0.4, -0.2) is 13.2 Å². The lowest BCUT2D eigenvalue weighted by atomic mass is 10.1. The summed E-state index contributed by atoms with van der Waals surface area (Å²) in [4.78, 5) is 0. The first-order chi connectivity index (χ1) is 9.79. The van der Waals surface area contributed by atoms with Gasteiger partial charge in [0.15, 0.2) is 0 Å². The van der Waals surface area contributed by atoms with Crippen molar-refractivity contribution in [3.05, 3.63) is 71.6 Å². The third-order valence-electron chi connectivity index (χ3n) is 2.88. The van der Waals surface area contributed by atoms with Crippen LogP contribution in [0, 0.1) is 5.82 Å². The van der Waals surface area contributed by atoms with Gasteiger partial charge in [-0.15, -0.1) is 0 Å². The summed E-state index contributed by atoms with van der Waals surface area (Å²) in [6.07, 6.45) is 4.53. The molecule has 0 aromatic heterocycles. The van der Waals surface area contributed by atoms with Gasteiger partial charge in [-0.05, 0) is 48.4 Å². The van der Waals surface area contributed by atoms with Crippen molar-refractivity contribution >= 4 is 6.08 Å². The largest absolute Gasteiger partial charge is 0.489 e. The standard InChI is InChI=1S/C17H18FNO/c18-16-8-9-17(15(13-16)10-11-19)20-12-4-7-14-5-2-1-3-6-14/h1-9,13H,10-12,19H2/b7-4+. The topological polar surface area (TPSA) is 35.2 Å². The fourth-order valence-corrected chi connectivity index (χ4v) is 1.93. The summed E-state index contributed by atoms with van der Waals surface area (Å²) in [5, 5.41) is 0. The maximum Gasteiger partial charge on any atom is 0.123 e. The van der Waals surface area contributed by atoms with Crippen LogP contribution in [0.4, 0.5) is 4.39 Å². The zero-order valence-corrected chi connectivity index (χ0v) is 11.3. The van der Waals surface area contributed by atoms with Crippen molar-refractivity contribution in [3.63, 3.8) is 0 Å². The molecule has 2 nitrogen and oxygen atoms in total. The molecule has 0 aliphatic carbocycles. The summed E-state index contributed by atoms with van der Waals surface area (Å²) in [6.45, 7) is 0.914. The smallest absolute Gasteiger partial charge is 0.123 e. The molecule has 3 heteroatoms. The first-order valence-corrected chi connectivity index (χ1v) is 6.62. The molecule has 104 valence electrons. The predicted octanol–water partition coefficient (Wildman–Crippen LogP) is 3.42. The highest BCUT2D eigenvalue weighted by atomic mass is 19.1. The number of benzene rings is 2. The van der Waals surface area contributed by atoms with E-state index < -0.39 is 0 Å². The van der Waals surface area contributed by atoms with Crippen molar-refractivity contribution < 1.29 is 9.13 Å². The highest BCUT2D eigenvalue weighted by Gasteiger charge is 2.04. The molecule has 0 atom stereocenters. The van der Waals surface area contributed by atoms with Gasteiger partial charge in [0.25, 0.3) is 0 Å². The average Bonchev–Trinajstić information content (AvgIpc) is 2.47. The van der Waals surface area contributed by atoms with Crippen LogP contribution in [0.1, 0.15) is 11.1 Å². The maximum absolute atomic E-state index is 13.2. The van der Waals surface area contributed by atoms with Crippen molar-refractivity contribution in [3.8, 4) is 5.75 Å². The van der Waals surface area contributed by atoms with Crippen LogP contribution in [0.15, 0.2) is 54.6 Å². The number of halogens is 1. The molecule has 0 saturated carbocycles. The minimum Gasteiger partial charge on any atom is -0.489 e. The molecule has 0 spiro atoms. The zero-order chi connectivity index (χ0) is 14.2. The van der Waals surface area contributed by atoms with E-state index in [0.717, 1.165) is 11.1 Å². The van der Waals surface area contributed by atoms with Gasteiger partial charge >= 0.3 is 0 Å². The molecule has 0 heterocycles. The Morgan fingerprint density at radius 1 is 1.10 bits per heavy atom. The molecule has 0 radical (unpaired) electrons. The Kier molecular flexibility index (Phi) is 5.33. The lowest BCUT2D eigenvalue weighted by Gasteiger charge is -2.09. The van der Waals surface area contributed by atoms with Gasteiger partial charge in [0.2, 0.25) is 0 Å². The highest BCUT2D eigenvalue weighted by molar-refractivity contribution is 5.48. The fourth-order valence-electron chi connectivity index (χ4n) is 1.93. The van der Waals surface area contributed by atoms with Crippen molar-refractivity contribution in [2.45, 2.75) is 6.42 Å². The maximum atomic E-state index is 13.2. The van der Waals surface area contributed by atoms with Crippen molar-refractivity contribution in [2.24, 2.45) is 5.73 Å². The summed E-state index contributed by atoms with van der Waals surface area (Å²) >= 11 is 0. The van der Waals surface area contributed by atoms with E-state index >= 15 is 0 Å². The molecule has 0 aliphatic rings. The minimum atomic E-state index is -0.263. The molecular weight excluding hydrogens is 253 g/mol. The summed E-state index contributed by atoms with van der Waals surface area (Å²) in [7, 11) is 0. The molecule has 0 amide bonds. The molecule has 2 N–H and O–H groups in total. The Morgan fingerprint density at radius 2 is 1.90 bits per heavy atom. The van der Waals surface area contributed by atoms with Gasteiger partial charge in [0.05, 0.1) is 0 Å². The number of ether oxygens (including phenoxy) is 1. The SMILES string of the molecule is NCCc1cc(F)ccc1OC/C=C/c1ccccc1. The van der Waals surface area contributed by atoms with E-state index in [1.807, 2.05) is 42.5 Å². The fraction of sp³-hybridized carbons (Fsp3) is 0.176. The molecule has 0 fully saturated rings. The van der Waals surface area contributed by atoms with Crippen molar-refractivity contribution in [1.29, 1.82) is 0 Å². The van der Waals surface area contributed by atoms with Crippen LogP contribution in [0.5, 0.6) is 5.75 Å². The van der Waals surface area contributed by atoms with Crippen LogP contribution in [-0.2, 0) is 6.42 Å². The van der Waals surface area contributed by atoms with Crippen LogP contribution < -0.4 is 10.5 Å². The lowest BCUT2D eigenvalue weighted by Crippen LogP contribution is -2.06. The number of hydrogen-bond donors (Lipinski definition) is 1. The molecule has 0 bridgehead atoms. The Morgan fingerprint density at radius 3 is 2.65 bits per heavy atom. The molecule has 2 aromatic carbocycles. The van der Waals surface area contributed by atoms with Crippen LogP contribution >= 0.6 is 0 Å². The minimum absolute atomic E-state index is 0.263. The van der Waals surface area contributed by atoms with Crippen molar-refractivity contribution in [2.75, 3.05) is 13.2 Å². The van der Waals surface area contributed by atoms with E-state index in [0.29, 0.717) is 25.3 Å². The Balaban J connectivity index is 1.95. The average molecular weight is 271 g/mol. The van der Waals surface area contributed by atoms with Gasteiger partial charge in [-0.25, -0.2) is 4.39 Å². The van der Waals surface area contributed by atoms with Gasteiger partial charge in [-0.3, -0.25) is 0 Å². The van der Waals surface area contributed by atoms with Gasteiger partial charge in [0.1, 0.15) is 18.2 Å². The molecule has 2 rings (SSSR count). The van der Waals surface area contributed by atoms with E-state index in [9.17, 15) is 4.39 Å². The monoisotopic (exact) mass is 271 g/mol. The van der Waals surface area contributed by atoms with E-state index in [2.05, 4.69) is 0 Å². The highest BCUT2D eigenvalue weighted by Crippen LogP contribution is 2.20. The molecular formula is C17H18FNO. The molecule has 0 aliphatic heterocycles. The molecule has 20 heavy (non-hydrogen) atoms. The van der Waals surface area contributed by atoms with Crippen LogP contribution in [0.3, 0.4) is 0 Å². The summed E-state index contributed by atoms with van der Waals surface area (Å²) in [6, 6.07) is 14.5. The summed E-state index contributed by atoms with van der Waals surface area (Å²) < 4.78 is 18.8. The van der Waals surface area contributed by atoms with E-state index in [1.165, 1.54) is 12.1 Å². The van der Waals surface area contributed by atoms with Crippen molar-refractivity contribution in [1.82, 2.24) is 0 Å². The molecule has 0 unspecified atom stereocenters. The van der Waals surface area contributed by atoms with Crippen LogP contribution in [0.25, 0.3) is 6.08 Å². The van der Waals surface area contributed by atoms with Gasteiger partial charge in [-0.2, -0.15) is 0 Å². The summed E-state index contributed by atoms with van der Waals surface area (Å²) in [5.74, 6) is 0.426. The second-order valence-corrected chi connectivity index (χ2v) is 4.41. The van der Waals surface area contributed by atoms with E-state index in [-0.39, 0.29) is 5.82 Å². The quantitative estimate of drug-likeness (QED) is 0.873. The first-order valence-electron chi connectivity index (χ1n) is 6.62. The zero-order valence-electron chi connectivity index (χ0n) is 11.3. The number of hydrogen-bond acceptors (Lipinski definition) is 2. The van der Waals surface area contributed by atoms with Gasteiger partial charge in [-0.1, -0.05) is 36.4 Å². The Hall–Kier alpha value is -2.13. The van der Waals surface area contributed by atoms with E-state index in [1.54, 1.807) is 6.07 Å². The third-order valence-corrected chi connectivity index (χ3v) is 2.88. The molecule has 2 aromatic rings. The Labute approximate surface area is 118 Å². The molecule has 0 saturated heterocycles. The predicted molar refractivity (Wildman–Crippen MR) is 80.1 cm³/mol. The normalized spacial score (nSPS) is 10.9. The first kappa shape index (κ1) is 14.3. The van der Waals surface area contributed by atoms with Crippen LogP contribution in [0.2, 0.25) is 0 Å². The number of nitrogens with two attached hydrogens (primary N) is 1.